The molecule has 0 saturated carbocycles. The zero-order valence-electron chi connectivity index (χ0n) is 8.44. The summed E-state index contributed by atoms with van der Waals surface area (Å²) in [5, 5.41) is 0. The first kappa shape index (κ1) is 12.7. The van der Waals surface area contributed by atoms with E-state index < -0.39 is 18.2 Å². The lowest BCUT2D eigenvalue weighted by Crippen LogP contribution is -2.27. The van der Waals surface area contributed by atoms with E-state index in [0.29, 0.717) is 6.61 Å². The maximum Gasteiger partial charge on any atom is 0.508 e. The Morgan fingerprint density at radius 1 is 1.21 bits per heavy atom. The second kappa shape index (κ2) is 7.14. The fourth-order valence-corrected chi connectivity index (χ4v) is 0.584. The van der Waals surface area contributed by atoms with Gasteiger partial charge in [0.05, 0.1) is 13.7 Å². The van der Waals surface area contributed by atoms with E-state index in [2.05, 4.69) is 14.2 Å². The van der Waals surface area contributed by atoms with Crippen LogP contribution in [0.25, 0.3) is 0 Å². The van der Waals surface area contributed by atoms with Crippen molar-refractivity contribution in [1.29, 1.82) is 0 Å². The van der Waals surface area contributed by atoms with Gasteiger partial charge in [-0.1, -0.05) is 0 Å². The second-order valence-corrected chi connectivity index (χ2v) is 2.37. The van der Waals surface area contributed by atoms with Crippen LogP contribution in [0.2, 0.25) is 0 Å². The molecule has 0 spiro atoms. The summed E-state index contributed by atoms with van der Waals surface area (Å²) in [6.45, 7) is 1.83. The highest BCUT2D eigenvalue weighted by Gasteiger charge is 2.19. The molecule has 0 radical (unpaired) electrons. The lowest BCUT2D eigenvalue weighted by molar-refractivity contribution is -0.155. The number of rotatable bonds is 5. The van der Waals surface area contributed by atoms with Gasteiger partial charge in [0.1, 0.15) is 6.61 Å². The Bertz CT molecular complexity index is 190. The smallest absolute Gasteiger partial charge is 0.461 e. The number of carbonyl (C=O) groups is 2. The molecular weight excluding hydrogens is 192 g/mol. The predicted octanol–water partition coefficient (Wildman–Crippen LogP) is 0.348. The molecule has 6 heteroatoms. The van der Waals surface area contributed by atoms with Gasteiger partial charge in [-0.25, -0.2) is 9.59 Å². The fourth-order valence-electron chi connectivity index (χ4n) is 0.584. The van der Waals surface area contributed by atoms with E-state index in [0.717, 1.165) is 7.11 Å². The maximum absolute atomic E-state index is 11.1. The van der Waals surface area contributed by atoms with Crippen molar-refractivity contribution >= 4 is 12.1 Å². The van der Waals surface area contributed by atoms with Gasteiger partial charge in [0.25, 0.3) is 0 Å². The highest BCUT2D eigenvalue weighted by molar-refractivity contribution is 5.76. The zero-order chi connectivity index (χ0) is 11.0. The van der Waals surface area contributed by atoms with Gasteiger partial charge in [-0.3, -0.25) is 0 Å². The van der Waals surface area contributed by atoms with Gasteiger partial charge in [0.15, 0.2) is 6.10 Å². The number of methoxy groups -OCH3 is 2. The normalized spacial score (nSPS) is 11.6. The van der Waals surface area contributed by atoms with Gasteiger partial charge < -0.3 is 18.9 Å². The van der Waals surface area contributed by atoms with E-state index in [-0.39, 0.29) is 6.61 Å². The minimum Gasteiger partial charge on any atom is -0.461 e. The summed E-state index contributed by atoms with van der Waals surface area (Å²) < 4.78 is 18.1. The molecule has 0 fully saturated rings. The molecule has 0 saturated heterocycles. The third-order valence-corrected chi connectivity index (χ3v) is 1.30. The number of esters is 1. The van der Waals surface area contributed by atoms with Crippen LogP contribution >= 0.6 is 0 Å². The van der Waals surface area contributed by atoms with E-state index in [9.17, 15) is 9.59 Å². The Morgan fingerprint density at radius 2 is 1.86 bits per heavy atom. The highest BCUT2D eigenvalue weighted by Crippen LogP contribution is 1.96. The zero-order valence-corrected chi connectivity index (χ0v) is 8.44. The number of hydrogen-bond donors (Lipinski definition) is 0. The minimum atomic E-state index is -0.973. The summed E-state index contributed by atoms with van der Waals surface area (Å²) >= 11 is 0. The molecule has 1 unspecified atom stereocenters. The third kappa shape index (κ3) is 5.36. The largest absolute Gasteiger partial charge is 0.508 e. The van der Waals surface area contributed by atoms with E-state index in [1.54, 1.807) is 0 Å². The number of hydrogen-bond acceptors (Lipinski definition) is 6. The average Bonchev–Trinajstić information content (AvgIpc) is 2.17. The SMILES string of the molecule is COCCOC(=O)C(C)OC(=O)OC. The number of ether oxygens (including phenoxy) is 4. The quantitative estimate of drug-likeness (QED) is 0.477. The van der Waals surface area contributed by atoms with Crippen LogP contribution in [0.15, 0.2) is 0 Å². The van der Waals surface area contributed by atoms with E-state index >= 15 is 0 Å². The van der Waals surface area contributed by atoms with Crippen LogP contribution in [0.4, 0.5) is 4.79 Å². The highest BCUT2D eigenvalue weighted by atomic mass is 16.7. The van der Waals surface area contributed by atoms with Crippen molar-refractivity contribution in [2.24, 2.45) is 0 Å². The first-order chi connectivity index (χ1) is 6.61. The third-order valence-electron chi connectivity index (χ3n) is 1.30. The standard InChI is InChI=1S/C8H14O6/c1-6(14-8(10)12-3)7(9)13-5-4-11-2/h6H,4-5H2,1-3H3. The molecule has 0 aromatic carbocycles. The molecule has 14 heavy (non-hydrogen) atoms. The molecule has 0 aliphatic rings. The average molecular weight is 206 g/mol. The molecule has 0 heterocycles. The summed E-state index contributed by atoms with van der Waals surface area (Å²) in [6, 6.07) is 0. The Kier molecular flexibility index (Phi) is 6.47. The monoisotopic (exact) mass is 206 g/mol. The first-order valence-corrected chi connectivity index (χ1v) is 4.02. The van der Waals surface area contributed by atoms with Crippen LogP contribution < -0.4 is 0 Å². The van der Waals surface area contributed by atoms with Crippen molar-refractivity contribution in [3.63, 3.8) is 0 Å². The van der Waals surface area contributed by atoms with Gasteiger partial charge in [-0.15, -0.1) is 0 Å². The molecule has 0 bridgehead atoms. The fraction of sp³-hybridized carbons (Fsp3) is 0.750. The van der Waals surface area contributed by atoms with Gasteiger partial charge in [0.2, 0.25) is 0 Å². The lowest BCUT2D eigenvalue weighted by atomic mass is 10.4. The molecule has 0 aliphatic carbocycles. The summed E-state index contributed by atoms with van der Waals surface area (Å²) in [7, 11) is 2.65. The molecule has 0 N–H and O–H groups in total. The maximum atomic E-state index is 11.1. The summed E-state index contributed by atoms with van der Waals surface area (Å²) in [4.78, 5) is 21.6. The van der Waals surface area contributed by atoms with Gasteiger partial charge in [-0.2, -0.15) is 0 Å². The van der Waals surface area contributed by atoms with Crippen LogP contribution in [0.5, 0.6) is 0 Å². The number of carbonyl (C=O) groups excluding carboxylic acids is 2. The molecule has 0 aromatic rings. The summed E-state index contributed by atoms with van der Waals surface area (Å²) in [5.41, 5.74) is 0. The predicted molar refractivity (Wildman–Crippen MR) is 45.8 cm³/mol. The van der Waals surface area contributed by atoms with Gasteiger partial charge in [-0.05, 0) is 6.92 Å². The molecule has 1 atom stereocenters. The van der Waals surface area contributed by atoms with Crippen molar-refractivity contribution in [2.75, 3.05) is 27.4 Å². The summed E-state index contributed by atoms with van der Waals surface area (Å²) in [5.74, 6) is -0.632. The van der Waals surface area contributed by atoms with Crippen molar-refractivity contribution in [3.8, 4) is 0 Å². The molecule has 0 aliphatic heterocycles. The first-order valence-electron chi connectivity index (χ1n) is 4.02. The molecular formula is C8H14O6. The molecule has 6 nitrogen and oxygen atoms in total. The molecule has 0 amide bonds. The van der Waals surface area contributed by atoms with Crippen molar-refractivity contribution in [2.45, 2.75) is 13.0 Å². The minimum absolute atomic E-state index is 0.129. The van der Waals surface area contributed by atoms with E-state index in [1.165, 1.54) is 14.0 Å². The van der Waals surface area contributed by atoms with Gasteiger partial charge >= 0.3 is 12.1 Å². The second-order valence-electron chi connectivity index (χ2n) is 2.37. The van der Waals surface area contributed by atoms with Crippen molar-refractivity contribution in [3.05, 3.63) is 0 Å². The van der Waals surface area contributed by atoms with Crippen molar-refractivity contribution < 1.29 is 28.5 Å². The topological polar surface area (TPSA) is 71.1 Å². The lowest BCUT2D eigenvalue weighted by Gasteiger charge is -2.11. The summed E-state index contributed by atoms with van der Waals surface area (Å²) in [6.07, 6.45) is -1.89. The Morgan fingerprint density at radius 3 is 2.36 bits per heavy atom. The van der Waals surface area contributed by atoms with Crippen LogP contribution in [-0.2, 0) is 23.7 Å². The molecule has 0 rings (SSSR count). The van der Waals surface area contributed by atoms with Crippen LogP contribution in [-0.4, -0.2) is 45.7 Å². The van der Waals surface area contributed by atoms with Crippen molar-refractivity contribution in [1.82, 2.24) is 0 Å². The van der Waals surface area contributed by atoms with Crippen LogP contribution in [0, 0.1) is 0 Å². The Labute approximate surface area is 82.1 Å². The van der Waals surface area contributed by atoms with Crippen LogP contribution in [0.3, 0.4) is 0 Å². The Hall–Kier alpha value is -1.30. The van der Waals surface area contributed by atoms with E-state index in [1.807, 2.05) is 0 Å². The molecule has 82 valence electrons. The van der Waals surface area contributed by atoms with Crippen LogP contribution in [0.1, 0.15) is 6.92 Å². The van der Waals surface area contributed by atoms with Gasteiger partial charge in [0, 0.05) is 7.11 Å². The Balaban J connectivity index is 3.70. The van der Waals surface area contributed by atoms with E-state index in [4.69, 9.17) is 4.74 Å². The molecule has 0 aromatic heterocycles.